The first-order valence-electron chi connectivity index (χ1n) is 5.55. The summed E-state index contributed by atoms with van der Waals surface area (Å²) >= 11 is 0. The molecule has 18 heavy (non-hydrogen) atoms. The number of hydrogen-bond donors (Lipinski definition) is 2. The zero-order valence-electron chi connectivity index (χ0n) is 10.2. The number of carboxylic acid groups (broad SMARTS) is 1. The Kier molecular flexibility index (Phi) is 3.32. The van der Waals surface area contributed by atoms with Crippen LogP contribution in [0.3, 0.4) is 0 Å². The van der Waals surface area contributed by atoms with Gasteiger partial charge >= 0.3 is 5.97 Å². The maximum atomic E-state index is 10.6. The van der Waals surface area contributed by atoms with E-state index < -0.39 is 5.97 Å². The minimum Gasteiger partial charge on any atom is -0.475 e. The van der Waals surface area contributed by atoms with Gasteiger partial charge in [-0.25, -0.2) is 9.78 Å². The average Bonchev–Trinajstić information content (AvgIpc) is 2.76. The molecule has 0 saturated carbocycles. The summed E-state index contributed by atoms with van der Waals surface area (Å²) in [5.74, 6) is -0.903. The van der Waals surface area contributed by atoms with Gasteiger partial charge in [-0.3, -0.25) is 0 Å². The molecule has 1 aromatic heterocycles. The molecule has 0 fully saturated rings. The van der Waals surface area contributed by atoms with Crippen molar-refractivity contribution in [3.63, 3.8) is 0 Å². The van der Waals surface area contributed by atoms with Crippen LogP contribution in [0.1, 0.15) is 27.6 Å². The van der Waals surface area contributed by atoms with E-state index in [4.69, 9.17) is 9.52 Å². The largest absolute Gasteiger partial charge is 0.475 e. The third-order valence-electron chi connectivity index (χ3n) is 2.58. The summed E-state index contributed by atoms with van der Waals surface area (Å²) in [4.78, 5) is 14.5. The van der Waals surface area contributed by atoms with E-state index in [-0.39, 0.29) is 5.76 Å². The maximum Gasteiger partial charge on any atom is 0.373 e. The smallest absolute Gasteiger partial charge is 0.373 e. The van der Waals surface area contributed by atoms with E-state index in [0.29, 0.717) is 12.4 Å². The van der Waals surface area contributed by atoms with Crippen LogP contribution in [-0.2, 0) is 6.54 Å². The molecule has 0 spiro atoms. The van der Waals surface area contributed by atoms with Gasteiger partial charge in [0, 0.05) is 5.69 Å². The lowest BCUT2D eigenvalue weighted by molar-refractivity contribution is 0.0660. The van der Waals surface area contributed by atoms with Crippen LogP contribution in [0.25, 0.3) is 0 Å². The Hall–Kier alpha value is -2.30. The second kappa shape index (κ2) is 4.91. The molecule has 0 aliphatic heterocycles. The molecule has 0 aliphatic rings. The van der Waals surface area contributed by atoms with Crippen molar-refractivity contribution in [1.29, 1.82) is 0 Å². The van der Waals surface area contributed by atoms with Crippen LogP contribution in [0, 0.1) is 13.8 Å². The lowest BCUT2D eigenvalue weighted by atomic mass is 10.1. The number of hydrogen-bond acceptors (Lipinski definition) is 4. The number of aromatic carboxylic acids is 1. The summed E-state index contributed by atoms with van der Waals surface area (Å²) in [5.41, 5.74) is 3.30. The Morgan fingerprint density at radius 1 is 1.44 bits per heavy atom. The number of carbonyl (C=O) groups is 1. The second-order valence-corrected chi connectivity index (χ2v) is 4.10. The molecule has 5 nitrogen and oxygen atoms in total. The highest BCUT2D eigenvalue weighted by atomic mass is 16.4. The van der Waals surface area contributed by atoms with Gasteiger partial charge in [0.15, 0.2) is 0 Å². The van der Waals surface area contributed by atoms with Gasteiger partial charge in [-0.15, -0.1) is 0 Å². The molecule has 0 saturated heterocycles. The first-order valence-corrected chi connectivity index (χ1v) is 5.55. The van der Waals surface area contributed by atoms with Gasteiger partial charge in [-0.2, -0.15) is 0 Å². The zero-order valence-corrected chi connectivity index (χ0v) is 10.2. The van der Waals surface area contributed by atoms with Crippen LogP contribution >= 0.6 is 0 Å². The van der Waals surface area contributed by atoms with Crippen molar-refractivity contribution in [1.82, 2.24) is 4.98 Å². The quantitative estimate of drug-likeness (QED) is 0.867. The summed E-state index contributed by atoms with van der Waals surface area (Å²) in [5, 5.41) is 11.9. The third-order valence-corrected chi connectivity index (χ3v) is 2.58. The van der Waals surface area contributed by atoms with Crippen molar-refractivity contribution in [2.45, 2.75) is 20.4 Å². The maximum absolute atomic E-state index is 10.6. The van der Waals surface area contributed by atoms with Gasteiger partial charge in [0.2, 0.25) is 11.7 Å². The number of benzene rings is 1. The highest BCUT2D eigenvalue weighted by molar-refractivity contribution is 5.83. The molecular weight excluding hydrogens is 232 g/mol. The molecule has 0 atom stereocenters. The SMILES string of the molecule is Cc1ccc(NCc2ncc(C(=O)O)o2)c(C)c1. The van der Waals surface area contributed by atoms with Crippen LogP contribution in [-0.4, -0.2) is 16.1 Å². The molecule has 1 heterocycles. The van der Waals surface area contributed by atoms with E-state index in [1.54, 1.807) is 0 Å². The first kappa shape index (κ1) is 12.2. The highest BCUT2D eigenvalue weighted by Gasteiger charge is 2.10. The molecule has 0 amide bonds. The summed E-state index contributed by atoms with van der Waals surface area (Å²) in [6.45, 7) is 4.40. The predicted octanol–water partition coefficient (Wildman–Crippen LogP) is 2.60. The fourth-order valence-corrected chi connectivity index (χ4v) is 1.67. The first-order chi connectivity index (χ1) is 8.56. The minimum atomic E-state index is -1.11. The van der Waals surface area contributed by atoms with Crippen LogP contribution in [0.5, 0.6) is 0 Å². The standard InChI is InChI=1S/C13H14N2O3/c1-8-3-4-10(9(2)5-8)14-7-12-15-6-11(18-12)13(16)17/h3-6,14H,7H2,1-2H3,(H,16,17). The Bertz CT molecular complexity index is 575. The number of rotatable bonds is 4. The van der Waals surface area contributed by atoms with Crippen molar-refractivity contribution < 1.29 is 14.3 Å². The third kappa shape index (κ3) is 2.68. The number of carboxylic acids is 1. The molecule has 2 rings (SSSR count). The summed E-state index contributed by atoms with van der Waals surface area (Å²) in [6, 6.07) is 6.06. The normalized spacial score (nSPS) is 10.3. The monoisotopic (exact) mass is 246 g/mol. The number of nitrogens with one attached hydrogen (secondary N) is 1. The molecule has 0 unspecified atom stereocenters. The average molecular weight is 246 g/mol. The summed E-state index contributed by atoms with van der Waals surface area (Å²) in [6.07, 6.45) is 1.21. The molecule has 2 N–H and O–H groups in total. The van der Waals surface area contributed by atoms with Crippen molar-refractivity contribution >= 4 is 11.7 Å². The van der Waals surface area contributed by atoms with Gasteiger partial charge in [0.1, 0.15) is 0 Å². The zero-order chi connectivity index (χ0) is 13.1. The summed E-state index contributed by atoms with van der Waals surface area (Å²) in [7, 11) is 0. The number of nitrogens with zero attached hydrogens (tertiary/aromatic N) is 1. The van der Waals surface area contributed by atoms with Gasteiger partial charge in [-0.1, -0.05) is 17.7 Å². The van der Waals surface area contributed by atoms with Crippen molar-refractivity contribution in [2.75, 3.05) is 5.32 Å². The van der Waals surface area contributed by atoms with E-state index >= 15 is 0 Å². The van der Waals surface area contributed by atoms with Gasteiger partial charge in [0.05, 0.1) is 12.7 Å². The number of aryl methyl sites for hydroxylation is 2. The predicted molar refractivity (Wildman–Crippen MR) is 66.7 cm³/mol. The Morgan fingerprint density at radius 3 is 2.83 bits per heavy atom. The van der Waals surface area contributed by atoms with E-state index in [1.807, 2.05) is 26.0 Å². The fraction of sp³-hybridized carbons (Fsp3) is 0.231. The van der Waals surface area contributed by atoms with Gasteiger partial charge in [0.25, 0.3) is 0 Å². The van der Waals surface area contributed by atoms with Crippen LogP contribution in [0.4, 0.5) is 5.69 Å². The molecule has 0 aliphatic carbocycles. The lowest BCUT2D eigenvalue weighted by Gasteiger charge is -2.08. The van der Waals surface area contributed by atoms with Gasteiger partial charge in [-0.05, 0) is 25.5 Å². The Labute approximate surface area is 104 Å². The molecule has 1 aromatic carbocycles. The van der Waals surface area contributed by atoms with Crippen LogP contribution < -0.4 is 5.32 Å². The minimum absolute atomic E-state index is 0.146. The number of anilines is 1. The van der Waals surface area contributed by atoms with Crippen LogP contribution in [0.2, 0.25) is 0 Å². The van der Waals surface area contributed by atoms with Crippen LogP contribution in [0.15, 0.2) is 28.8 Å². The summed E-state index contributed by atoms with van der Waals surface area (Å²) < 4.78 is 5.06. The number of aromatic nitrogens is 1. The van der Waals surface area contributed by atoms with Crippen molar-refractivity contribution in [2.24, 2.45) is 0 Å². The van der Waals surface area contributed by atoms with E-state index in [2.05, 4.69) is 16.4 Å². The molecule has 2 aromatic rings. The molecule has 0 bridgehead atoms. The fourth-order valence-electron chi connectivity index (χ4n) is 1.67. The van der Waals surface area contributed by atoms with Crippen molar-refractivity contribution in [3.05, 3.63) is 47.2 Å². The molecular formula is C13H14N2O3. The van der Waals surface area contributed by atoms with E-state index in [0.717, 1.165) is 11.3 Å². The topological polar surface area (TPSA) is 75.4 Å². The molecule has 94 valence electrons. The van der Waals surface area contributed by atoms with E-state index in [1.165, 1.54) is 11.8 Å². The lowest BCUT2D eigenvalue weighted by Crippen LogP contribution is -2.01. The second-order valence-electron chi connectivity index (χ2n) is 4.10. The molecule has 5 heteroatoms. The Morgan fingerprint density at radius 2 is 2.22 bits per heavy atom. The van der Waals surface area contributed by atoms with Crippen molar-refractivity contribution in [3.8, 4) is 0 Å². The van der Waals surface area contributed by atoms with Gasteiger partial charge < -0.3 is 14.8 Å². The highest BCUT2D eigenvalue weighted by Crippen LogP contribution is 2.17. The Balaban J connectivity index is 2.04. The molecule has 0 radical (unpaired) electrons. The number of oxazole rings is 1. The van der Waals surface area contributed by atoms with E-state index in [9.17, 15) is 4.79 Å².